The zero-order chi connectivity index (χ0) is 17.7. The van der Waals surface area contributed by atoms with Gasteiger partial charge in [0.2, 0.25) is 0 Å². The van der Waals surface area contributed by atoms with Crippen LogP contribution in [0, 0.1) is 0 Å². The molecule has 4 nitrogen and oxygen atoms in total. The molecule has 0 saturated heterocycles. The van der Waals surface area contributed by atoms with E-state index >= 15 is 0 Å². The zero-order valence-corrected chi connectivity index (χ0v) is 18.4. The molecule has 0 N–H and O–H groups in total. The van der Waals surface area contributed by atoms with Gasteiger partial charge in [0.05, 0.1) is 13.1 Å². The molecule has 0 amide bonds. The summed E-state index contributed by atoms with van der Waals surface area (Å²) in [5.41, 5.74) is 0.996. The number of aliphatic imine (C=N–C) groups is 2. The van der Waals surface area contributed by atoms with Crippen molar-refractivity contribution in [2.75, 3.05) is 13.1 Å². The van der Waals surface area contributed by atoms with Gasteiger partial charge in [-0.1, -0.05) is 75.2 Å². The van der Waals surface area contributed by atoms with Crippen molar-refractivity contribution in [2.45, 2.75) is 0 Å². The standard InChI is InChI=1S/C16H12Br4N2O2/c17-11-3-9(15(23)13(19)5-11)7-21-1-2-22-8-10-4-12(18)6-14(20)16(10)24/h3-8,23-24H,1-2H2/p-2. The lowest BCUT2D eigenvalue weighted by Gasteiger charge is -2.13. The lowest BCUT2D eigenvalue weighted by atomic mass is 10.2. The van der Waals surface area contributed by atoms with E-state index in [0.29, 0.717) is 33.2 Å². The minimum atomic E-state index is -0.111. The molecule has 0 heterocycles. The molecule has 24 heavy (non-hydrogen) atoms. The lowest BCUT2D eigenvalue weighted by Crippen LogP contribution is -1.99. The Bertz CT molecular complexity index is 740. The van der Waals surface area contributed by atoms with E-state index in [1.54, 1.807) is 24.3 Å². The van der Waals surface area contributed by atoms with Crippen LogP contribution in [0.4, 0.5) is 0 Å². The Morgan fingerprint density at radius 2 is 1.08 bits per heavy atom. The maximum atomic E-state index is 11.9. The van der Waals surface area contributed by atoms with Gasteiger partial charge in [0, 0.05) is 30.3 Å². The fraction of sp³-hybridized carbons (Fsp3) is 0.125. The van der Waals surface area contributed by atoms with Crippen molar-refractivity contribution in [1.29, 1.82) is 0 Å². The van der Waals surface area contributed by atoms with E-state index in [-0.39, 0.29) is 11.5 Å². The second kappa shape index (κ2) is 9.12. The van der Waals surface area contributed by atoms with Crippen molar-refractivity contribution >= 4 is 76.1 Å². The summed E-state index contributed by atoms with van der Waals surface area (Å²) in [4.78, 5) is 8.39. The van der Waals surface area contributed by atoms with Crippen LogP contribution in [0.2, 0.25) is 0 Å². The predicted molar refractivity (Wildman–Crippen MR) is 107 cm³/mol. The van der Waals surface area contributed by atoms with Crippen molar-refractivity contribution in [3.63, 3.8) is 0 Å². The average Bonchev–Trinajstić information content (AvgIpc) is 2.51. The van der Waals surface area contributed by atoms with E-state index < -0.39 is 0 Å². The SMILES string of the molecule is [O-]c1c(Br)cc(Br)cc1C=NCCN=Cc1cc(Br)cc(Br)c1[O-]. The van der Waals surface area contributed by atoms with Crippen LogP contribution >= 0.6 is 63.7 Å². The Labute approximate surface area is 173 Å². The minimum Gasteiger partial charge on any atom is -0.871 e. The molecule has 2 aromatic carbocycles. The Balaban J connectivity index is 1.96. The number of rotatable bonds is 5. The first-order chi connectivity index (χ1) is 11.4. The van der Waals surface area contributed by atoms with E-state index in [1.807, 2.05) is 0 Å². The molecule has 2 aromatic rings. The molecule has 0 fully saturated rings. The van der Waals surface area contributed by atoms with Crippen molar-refractivity contribution in [1.82, 2.24) is 0 Å². The van der Waals surface area contributed by atoms with Gasteiger partial charge in [0.15, 0.2) is 0 Å². The molecular weight excluding hydrogens is 572 g/mol. The van der Waals surface area contributed by atoms with Gasteiger partial charge in [-0.2, -0.15) is 0 Å². The highest BCUT2D eigenvalue weighted by Gasteiger charge is 1.99. The van der Waals surface area contributed by atoms with Crippen LogP contribution in [0.25, 0.3) is 0 Å². The molecular formula is C16H10Br4N2O2-2. The van der Waals surface area contributed by atoms with E-state index in [4.69, 9.17) is 0 Å². The summed E-state index contributed by atoms with van der Waals surface area (Å²) in [5, 5.41) is 23.8. The molecule has 0 radical (unpaired) electrons. The molecule has 0 unspecified atom stereocenters. The normalized spacial score (nSPS) is 11.7. The molecule has 8 heteroatoms. The van der Waals surface area contributed by atoms with Gasteiger partial charge in [-0.05, 0) is 35.4 Å². The van der Waals surface area contributed by atoms with Crippen molar-refractivity contribution in [3.05, 3.63) is 53.3 Å². The summed E-state index contributed by atoms with van der Waals surface area (Å²) in [6.07, 6.45) is 3.06. The predicted octanol–water partition coefficient (Wildman–Crippen LogP) is 4.42. The lowest BCUT2D eigenvalue weighted by molar-refractivity contribution is -0.270. The van der Waals surface area contributed by atoms with E-state index in [0.717, 1.165) is 8.95 Å². The molecule has 126 valence electrons. The third kappa shape index (κ3) is 5.40. The maximum Gasteiger partial charge on any atom is 0.0585 e. The Kier molecular flexibility index (Phi) is 7.46. The van der Waals surface area contributed by atoms with Crippen LogP contribution < -0.4 is 10.2 Å². The van der Waals surface area contributed by atoms with Crippen LogP contribution in [0.3, 0.4) is 0 Å². The first-order valence-corrected chi connectivity index (χ1v) is 9.87. The van der Waals surface area contributed by atoms with E-state index in [1.165, 1.54) is 12.4 Å². The smallest absolute Gasteiger partial charge is 0.0585 e. The Morgan fingerprint density at radius 3 is 1.46 bits per heavy atom. The van der Waals surface area contributed by atoms with Crippen LogP contribution in [0.5, 0.6) is 11.5 Å². The molecule has 0 spiro atoms. The minimum absolute atomic E-state index is 0.111. The van der Waals surface area contributed by atoms with Crippen molar-refractivity contribution < 1.29 is 10.2 Å². The third-order valence-electron chi connectivity index (χ3n) is 2.89. The third-order valence-corrected chi connectivity index (χ3v) is 4.99. The summed E-state index contributed by atoms with van der Waals surface area (Å²) in [6, 6.07) is 6.81. The molecule has 0 aliphatic rings. The van der Waals surface area contributed by atoms with Crippen LogP contribution in [-0.2, 0) is 0 Å². The van der Waals surface area contributed by atoms with Gasteiger partial charge < -0.3 is 10.2 Å². The zero-order valence-electron chi connectivity index (χ0n) is 12.1. The van der Waals surface area contributed by atoms with E-state index in [2.05, 4.69) is 73.7 Å². The Hall–Kier alpha value is -0.700. The number of hydrogen-bond acceptors (Lipinski definition) is 4. The van der Waals surface area contributed by atoms with Crippen LogP contribution in [0.15, 0.2) is 52.1 Å². The molecule has 0 aromatic heterocycles. The average molecular weight is 582 g/mol. The fourth-order valence-corrected chi connectivity index (χ4v) is 4.31. The van der Waals surface area contributed by atoms with Crippen LogP contribution in [0.1, 0.15) is 11.1 Å². The van der Waals surface area contributed by atoms with Gasteiger partial charge in [-0.25, -0.2) is 0 Å². The van der Waals surface area contributed by atoms with Gasteiger partial charge in [-0.15, -0.1) is 0 Å². The maximum absolute atomic E-state index is 11.9. The summed E-state index contributed by atoms with van der Waals surface area (Å²) in [6.45, 7) is 0.840. The van der Waals surface area contributed by atoms with Crippen molar-refractivity contribution in [3.8, 4) is 11.5 Å². The largest absolute Gasteiger partial charge is 0.871 e. The molecule has 2 rings (SSSR count). The summed E-state index contributed by atoms with van der Waals surface area (Å²) in [7, 11) is 0. The molecule has 0 aliphatic heterocycles. The molecule has 0 bridgehead atoms. The molecule has 0 atom stereocenters. The summed E-state index contributed by atoms with van der Waals surface area (Å²) >= 11 is 13.1. The van der Waals surface area contributed by atoms with Crippen LogP contribution in [-0.4, -0.2) is 25.5 Å². The molecule has 0 aliphatic carbocycles. The Morgan fingerprint density at radius 1 is 0.708 bits per heavy atom. The molecule has 0 saturated carbocycles. The number of hydrogen-bond donors (Lipinski definition) is 0. The summed E-state index contributed by atoms with van der Waals surface area (Å²) in [5.74, 6) is -0.221. The van der Waals surface area contributed by atoms with Gasteiger partial charge in [0.1, 0.15) is 0 Å². The fourth-order valence-electron chi connectivity index (χ4n) is 1.79. The van der Waals surface area contributed by atoms with Crippen molar-refractivity contribution in [2.24, 2.45) is 9.98 Å². The first-order valence-electron chi connectivity index (χ1n) is 6.70. The van der Waals surface area contributed by atoms with Gasteiger partial charge in [0.25, 0.3) is 0 Å². The van der Waals surface area contributed by atoms with Gasteiger partial charge in [-0.3, -0.25) is 9.98 Å². The second-order valence-corrected chi connectivity index (χ2v) is 8.22. The highest BCUT2D eigenvalue weighted by Crippen LogP contribution is 2.29. The number of benzene rings is 2. The number of nitrogens with zero attached hydrogens (tertiary/aromatic N) is 2. The highest BCUT2D eigenvalue weighted by molar-refractivity contribution is 9.11. The monoisotopic (exact) mass is 578 g/mol. The first kappa shape index (κ1) is 19.6. The topological polar surface area (TPSA) is 70.8 Å². The van der Waals surface area contributed by atoms with Gasteiger partial charge >= 0.3 is 0 Å². The number of halogens is 4. The van der Waals surface area contributed by atoms with E-state index in [9.17, 15) is 10.2 Å². The highest BCUT2D eigenvalue weighted by atomic mass is 79.9. The summed E-state index contributed by atoms with van der Waals surface area (Å²) < 4.78 is 2.58. The quantitative estimate of drug-likeness (QED) is 0.387. The second-order valence-electron chi connectivity index (χ2n) is 4.68.